The summed E-state index contributed by atoms with van der Waals surface area (Å²) in [6, 6.07) is 1.96. The Morgan fingerprint density at radius 2 is 2.37 bits per heavy atom. The monoisotopic (exact) mass is 282 g/mol. The highest BCUT2D eigenvalue weighted by atomic mass is 32.1. The van der Waals surface area contributed by atoms with Crippen LogP contribution in [-0.2, 0) is 17.8 Å². The first-order valence-corrected chi connectivity index (χ1v) is 7.26. The third-order valence-corrected chi connectivity index (χ3v) is 4.39. The molecule has 0 radical (unpaired) electrons. The van der Waals surface area contributed by atoms with E-state index in [1.54, 1.807) is 23.2 Å². The normalized spacial score (nSPS) is 15.7. The average molecular weight is 282 g/mol. The van der Waals surface area contributed by atoms with E-state index in [9.17, 15) is 9.59 Å². The second-order valence-corrected chi connectivity index (χ2v) is 5.80. The molecular formula is C13H18N2O3S. The van der Waals surface area contributed by atoms with E-state index in [0.29, 0.717) is 19.5 Å². The number of carboxylic acids is 1. The molecule has 2 heterocycles. The van der Waals surface area contributed by atoms with Gasteiger partial charge in [-0.1, -0.05) is 6.92 Å². The van der Waals surface area contributed by atoms with Crippen molar-refractivity contribution in [2.24, 2.45) is 5.92 Å². The summed E-state index contributed by atoms with van der Waals surface area (Å²) < 4.78 is 0. The van der Waals surface area contributed by atoms with Gasteiger partial charge in [-0.2, -0.15) is 0 Å². The molecule has 104 valence electrons. The van der Waals surface area contributed by atoms with Crippen molar-refractivity contribution in [1.29, 1.82) is 0 Å². The van der Waals surface area contributed by atoms with Crippen molar-refractivity contribution in [3.8, 4) is 0 Å². The van der Waals surface area contributed by atoms with E-state index < -0.39 is 11.9 Å². The van der Waals surface area contributed by atoms with Gasteiger partial charge in [0.2, 0.25) is 0 Å². The topological polar surface area (TPSA) is 69.6 Å². The fourth-order valence-corrected chi connectivity index (χ4v) is 2.94. The number of carboxylic acid groups (broad SMARTS) is 1. The number of hydrogen-bond donors (Lipinski definition) is 2. The molecule has 5 nitrogen and oxygen atoms in total. The van der Waals surface area contributed by atoms with Gasteiger partial charge in [0.25, 0.3) is 0 Å². The summed E-state index contributed by atoms with van der Waals surface area (Å²) in [5.74, 6) is -1.25. The Hall–Kier alpha value is -1.56. The maximum absolute atomic E-state index is 12.0. The van der Waals surface area contributed by atoms with E-state index in [1.165, 1.54) is 10.4 Å². The second kappa shape index (κ2) is 6.06. The van der Waals surface area contributed by atoms with Gasteiger partial charge in [-0.05, 0) is 29.9 Å². The molecule has 0 saturated carbocycles. The lowest BCUT2D eigenvalue weighted by Gasteiger charge is -2.27. The molecule has 19 heavy (non-hydrogen) atoms. The fourth-order valence-electron chi connectivity index (χ4n) is 2.05. The number of carbonyl (C=O) groups excluding carboxylic acids is 1. The molecule has 2 rings (SSSR count). The van der Waals surface area contributed by atoms with Gasteiger partial charge in [0, 0.05) is 24.5 Å². The Morgan fingerprint density at radius 1 is 1.58 bits per heavy atom. The third-order valence-electron chi connectivity index (χ3n) is 3.37. The summed E-state index contributed by atoms with van der Waals surface area (Å²) in [5, 5.41) is 13.6. The number of amides is 2. The first-order valence-electron chi connectivity index (χ1n) is 6.38. The molecule has 1 aromatic heterocycles. The van der Waals surface area contributed by atoms with E-state index in [1.807, 2.05) is 0 Å². The SMILES string of the molecule is CC(CCNC(=O)N1CCc2sccc2C1)C(=O)O. The predicted octanol–water partition coefficient (Wildman–Crippen LogP) is 1.93. The molecular weight excluding hydrogens is 264 g/mol. The molecule has 1 aliphatic heterocycles. The number of thiophene rings is 1. The van der Waals surface area contributed by atoms with Crippen molar-refractivity contribution in [2.75, 3.05) is 13.1 Å². The molecule has 0 bridgehead atoms. The highest BCUT2D eigenvalue weighted by molar-refractivity contribution is 7.10. The summed E-state index contributed by atoms with van der Waals surface area (Å²) in [6.07, 6.45) is 1.37. The Morgan fingerprint density at radius 3 is 3.11 bits per heavy atom. The minimum absolute atomic E-state index is 0.102. The predicted molar refractivity (Wildman–Crippen MR) is 73.2 cm³/mol. The molecule has 2 amide bonds. The molecule has 2 N–H and O–H groups in total. The zero-order valence-corrected chi connectivity index (χ0v) is 11.7. The van der Waals surface area contributed by atoms with E-state index in [-0.39, 0.29) is 6.03 Å². The molecule has 0 saturated heterocycles. The van der Waals surface area contributed by atoms with Crippen LogP contribution in [0.4, 0.5) is 4.79 Å². The zero-order valence-electron chi connectivity index (χ0n) is 10.9. The molecule has 0 fully saturated rings. The molecule has 0 spiro atoms. The Labute approximate surface area is 116 Å². The molecule has 1 unspecified atom stereocenters. The number of nitrogens with zero attached hydrogens (tertiary/aromatic N) is 1. The minimum atomic E-state index is -0.824. The number of carbonyl (C=O) groups is 2. The smallest absolute Gasteiger partial charge is 0.317 e. The van der Waals surface area contributed by atoms with E-state index in [4.69, 9.17) is 5.11 Å². The van der Waals surface area contributed by atoms with Crippen molar-refractivity contribution in [1.82, 2.24) is 10.2 Å². The van der Waals surface area contributed by atoms with Crippen LogP contribution in [0.2, 0.25) is 0 Å². The lowest BCUT2D eigenvalue weighted by atomic mass is 10.1. The summed E-state index contributed by atoms with van der Waals surface area (Å²) in [4.78, 5) is 25.8. The van der Waals surface area contributed by atoms with Crippen LogP contribution in [0.1, 0.15) is 23.8 Å². The largest absolute Gasteiger partial charge is 0.481 e. The molecule has 0 aliphatic carbocycles. The maximum atomic E-state index is 12.0. The molecule has 1 aromatic rings. The molecule has 6 heteroatoms. The van der Waals surface area contributed by atoms with Crippen molar-refractivity contribution in [3.05, 3.63) is 21.9 Å². The van der Waals surface area contributed by atoms with Gasteiger partial charge in [-0.15, -0.1) is 11.3 Å². The van der Waals surface area contributed by atoms with E-state index in [0.717, 1.165) is 13.0 Å². The van der Waals surface area contributed by atoms with Gasteiger partial charge >= 0.3 is 12.0 Å². The van der Waals surface area contributed by atoms with Crippen LogP contribution in [-0.4, -0.2) is 35.1 Å². The Balaban J connectivity index is 1.77. The van der Waals surface area contributed by atoms with Crippen LogP contribution < -0.4 is 5.32 Å². The quantitative estimate of drug-likeness (QED) is 0.886. The lowest BCUT2D eigenvalue weighted by molar-refractivity contribution is -0.141. The summed E-state index contributed by atoms with van der Waals surface area (Å²) >= 11 is 1.74. The number of urea groups is 1. The molecule has 0 aromatic carbocycles. The lowest BCUT2D eigenvalue weighted by Crippen LogP contribution is -2.43. The van der Waals surface area contributed by atoms with Crippen LogP contribution >= 0.6 is 11.3 Å². The van der Waals surface area contributed by atoms with Crippen molar-refractivity contribution in [2.45, 2.75) is 26.3 Å². The van der Waals surface area contributed by atoms with Gasteiger partial charge in [0.05, 0.1) is 5.92 Å². The number of rotatable bonds is 4. The number of hydrogen-bond acceptors (Lipinski definition) is 3. The van der Waals surface area contributed by atoms with Crippen LogP contribution in [0.15, 0.2) is 11.4 Å². The first-order chi connectivity index (χ1) is 9.08. The fraction of sp³-hybridized carbons (Fsp3) is 0.538. The van der Waals surface area contributed by atoms with Gasteiger partial charge < -0.3 is 15.3 Å². The third kappa shape index (κ3) is 3.47. The second-order valence-electron chi connectivity index (χ2n) is 4.80. The first kappa shape index (κ1) is 13.9. The zero-order chi connectivity index (χ0) is 13.8. The van der Waals surface area contributed by atoms with Crippen LogP contribution in [0.25, 0.3) is 0 Å². The standard InChI is InChI=1S/C13H18N2O3S/c1-9(12(16)17)2-5-14-13(18)15-6-3-11-10(8-15)4-7-19-11/h4,7,9H,2-3,5-6,8H2,1H3,(H,14,18)(H,16,17). The van der Waals surface area contributed by atoms with Gasteiger partial charge in [0.15, 0.2) is 0 Å². The van der Waals surface area contributed by atoms with Gasteiger partial charge in [0.1, 0.15) is 0 Å². The molecule has 1 atom stereocenters. The van der Waals surface area contributed by atoms with Crippen molar-refractivity contribution >= 4 is 23.3 Å². The Kier molecular flexibility index (Phi) is 4.42. The average Bonchev–Trinajstić information content (AvgIpc) is 2.85. The number of nitrogens with one attached hydrogen (secondary N) is 1. The van der Waals surface area contributed by atoms with Crippen LogP contribution in [0.5, 0.6) is 0 Å². The van der Waals surface area contributed by atoms with Gasteiger partial charge in [-0.25, -0.2) is 4.79 Å². The number of fused-ring (bicyclic) bond motifs is 1. The van der Waals surface area contributed by atoms with Crippen LogP contribution in [0, 0.1) is 5.92 Å². The van der Waals surface area contributed by atoms with E-state index in [2.05, 4.69) is 16.8 Å². The maximum Gasteiger partial charge on any atom is 0.317 e. The highest BCUT2D eigenvalue weighted by Gasteiger charge is 2.21. The van der Waals surface area contributed by atoms with Gasteiger partial charge in [-0.3, -0.25) is 4.79 Å². The molecule has 1 aliphatic rings. The summed E-state index contributed by atoms with van der Waals surface area (Å²) in [6.45, 7) is 3.43. The Bertz CT molecular complexity index is 472. The highest BCUT2D eigenvalue weighted by Crippen LogP contribution is 2.23. The van der Waals surface area contributed by atoms with Crippen molar-refractivity contribution < 1.29 is 14.7 Å². The van der Waals surface area contributed by atoms with Crippen molar-refractivity contribution in [3.63, 3.8) is 0 Å². The van der Waals surface area contributed by atoms with Crippen LogP contribution in [0.3, 0.4) is 0 Å². The minimum Gasteiger partial charge on any atom is -0.481 e. The van der Waals surface area contributed by atoms with E-state index >= 15 is 0 Å². The summed E-state index contributed by atoms with van der Waals surface area (Å²) in [5.41, 5.74) is 1.23. The summed E-state index contributed by atoms with van der Waals surface area (Å²) in [7, 11) is 0. The number of aliphatic carboxylic acids is 1.